The average molecular weight is 280 g/mol. The lowest BCUT2D eigenvalue weighted by Gasteiger charge is -2.31. The average Bonchev–Trinajstić information content (AvgIpc) is 2.41. The van der Waals surface area contributed by atoms with Crippen LogP contribution in [0.5, 0.6) is 5.75 Å². The molecule has 1 aliphatic rings. The molecule has 1 saturated heterocycles. The fourth-order valence-electron chi connectivity index (χ4n) is 2.36. The summed E-state index contributed by atoms with van der Waals surface area (Å²) in [6.07, 6.45) is 7.27. The molecule has 108 valence electrons. The lowest BCUT2D eigenvalue weighted by Crippen LogP contribution is -2.39. The smallest absolute Gasteiger partial charge is 0.387 e. The Kier molecular flexibility index (Phi) is 5.19. The van der Waals surface area contributed by atoms with Gasteiger partial charge in [0.1, 0.15) is 5.75 Å². The second-order valence-electron chi connectivity index (χ2n) is 4.81. The Morgan fingerprint density at radius 1 is 1.40 bits per heavy atom. The summed E-state index contributed by atoms with van der Waals surface area (Å²) in [6.45, 7) is -0.202. The molecule has 1 aromatic rings. The summed E-state index contributed by atoms with van der Waals surface area (Å²) >= 11 is 0. The predicted molar refractivity (Wildman–Crippen MR) is 75.0 cm³/mol. The highest BCUT2D eigenvalue weighted by atomic mass is 19.3. The molecule has 1 aromatic carbocycles. The second-order valence-corrected chi connectivity index (χ2v) is 4.81. The van der Waals surface area contributed by atoms with E-state index in [0.29, 0.717) is 12.6 Å². The summed E-state index contributed by atoms with van der Waals surface area (Å²) in [5, 5.41) is 3.35. The normalized spacial score (nSPS) is 16.9. The molecule has 1 fully saturated rings. The highest BCUT2D eigenvalue weighted by Gasteiger charge is 2.18. The Hall–Kier alpha value is -1.80. The molecule has 1 heterocycles. The predicted octanol–water partition coefficient (Wildman–Crippen LogP) is 2.80. The van der Waals surface area contributed by atoms with Crippen molar-refractivity contribution in [2.24, 2.45) is 0 Å². The van der Waals surface area contributed by atoms with Crippen molar-refractivity contribution in [1.82, 2.24) is 4.90 Å². The van der Waals surface area contributed by atoms with Gasteiger partial charge in [0.25, 0.3) is 0 Å². The fourth-order valence-corrected chi connectivity index (χ4v) is 2.36. The van der Waals surface area contributed by atoms with Crippen LogP contribution in [0.4, 0.5) is 14.5 Å². The topological polar surface area (TPSA) is 24.5 Å². The molecule has 0 bridgehead atoms. The zero-order chi connectivity index (χ0) is 14.4. The lowest BCUT2D eigenvalue weighted by atomic mass is 10.0. The van der Waals surface area contributed by atoms with Crippen LogP contribution < -0.4 is 10.1 Å². The molecular formula is C15H18F2N2O. The molecule has 0 aromatic heterocycles. The Morgan fingerprint density at radius 2 is 2.15 bits per heavy atom. The van der Waals surface area contributed by atoms with Gasteiger partial charge in [0.2, 0.25) is 0 Å². The van der Waals surface area contributed by atoms with Gasteiger partial charge in [-0.25, -0.2) is 0 Å². The van der Waals surface area contributed by atoms with Crippen LogP contribution >= 0.6 is 0 Å². The van der Waals surface area contributed by atoms with E-state index >= 15 is 0 Å². The van der Waals surface area contributed by atoms with Gasteiger partial charge in [-0.15, -0.1) is 6.42 Å². The molecule has 20 heavy (non-hydrogen) atoms. The summed E-state index contributed by atoms with van der Waals surface area (Å²) in [7, 11) is 0. The maximum atomic E-state index is 12.2. The molecule has 1 aliphatic heterocycles. The minimum Gasteiger partial charge on any atom is -0.435 e. The zero-order valence-corrected chi connectivity index (χ0v) is 11.2. The van der Waals surface area contributed by atoms with Crippen molar-refractivity contribution >= 4 is 5.69 Å². The van der Waals surface area contributed by atoms with Crippen molar-refractivity contribution in [3.05, 3.63) is 24.3 Å². The Morgan fingerprint density at radius 3 is 2.80 bits per heavy atom. The number of nitrogens with one attached hydrogen (secondary N) is 1. The summed E-state index contributed by atoms with van der Waals surface area (Å²) < 4.78 is 28.7. The molecule has 0 atom stereocenters. The molecule has 5 heteroatoms. The number of piperidine rings is 1. The third-order valence-electron chi connectivity index (χ3n) is 3.33. The van der Waals surface area contributed by atoms with E-state index in [9.17, 15) is 8.78 Å². The minimum atomic E-state index is -2.79. The number of terminal acetylenes is 1. The van der Waals surface area contributed by atoms with Crippen molar-refractivity contribution in [3.63, 3.8) is 0 Å². The Labute approximate surface area is 117 Å². The highest BCUT2D eigenvalue weighted by Crippen LogP contribution is 2.22. The van der Waals surface area contributed by atoms with Gasteiger partial charge in [-0.05, 0) is 25.0 Å². The van der Waals surface area contributed by atoms with Crippen molar-refractivity contribution < 1.29 is 13.5 Å². The van der Waals surface area contributed by atoms with Crippen LogP contribution in [0.3, 0.4) is 0 Å². The third-order valence-corrected chi connectivity index (χ3v) is 3.33. The minimum absolute atomic E-state index is 0.176. The first-order valence-corrected chi connectivity index (χ1v) is 6.64. The van der Waals surface area contributed by atoms with Gasteiger partial charge in [-0.2, -0.15) is 8.78 Å². The fraction of sp³-hybridized carbons (Fsp3) is 0.467. The van der Waals surface area contributed by atoms with Gasteiger partial charge in [-0.3, -0.25) is 4.90 Å². The molecule has 0 radical (unpaired) electrons. The molecule has 3 nitrogen and oxygen atoms in total. The first-order chi connectivity index (χ1) is 9.67. The maximum Gasteiger partial charge on any atom is 0.387 e. The Bertz CT molecular complexity index is 465. The number of ether oxygens (including phenoxy) is 1. The van der Waals surface area contributed by atoms with Crippen LogP contribution in [0.25, 0.3) is 0 Å². The first kappa shape index (κ1) is 14.6. The largest absolute Gasteiger partial charge is 0.435 e. The van der Waals surface area contributed by atoms with E-state index in [0.717, 1.165) is 31.6 Å². The monoisotopic (exact) mass is 280 g/mol. The quantitative estimate of drug-likeness (QED) is 0.839. The number of alkyl halides is 2. The lowest BCUT2D eigenvalue weighted by molar-refractivity contribution is -0.0498. The molecule has 0 aliphatic carbocycles. The van der Waals surface area contributed by atoms with Gasteiger partial charge in [0, 0.05) is 30.9 Å². The number of halogens is 2. The van der Waals surface area contributed by atoms with E-state index in [1.165, 1.54) is 6.07 Å². The zero-order valence-electron chi connectivity index (χ0n) is 11.2. The van der Waals surface area contributed by atoms with E-state index in [-0.39, 0.29) is 5.75 Å². The van der Waals surface area contributed by atoms with Crippen molar-refractivity contribution in [3.8, 4) is 18.1 Å². The molecular weight excluding hydrogens is 262 g/mol. The van der Waals surface area contributed by atoms with E-state index in [1.807, 2.05) is 6.07 Å². The van der Waals surface area contributed by atoms with E-state index in [4.69, 9.17) is 6.42 Å². The van der Waals surface area contributed by atoms with Crippen LogP contribution in [0, 0.1) is 12.3 Å². The number of anilines is 1. The van der Waals surface area contributed by atoms with Gasteiger partial charge in [0.05, 0.1) is 6.54 Å². The molecule has 0 unspecified atom stereocenters. The summed E-state index contributed by atoms with van der Waals surface area (Å²) in [5.74, 6) is 2.82. The molecule has 0 spiro atoms. The van der Waals surface area contributed by atoms with Crippen LogP contribution in [-0.2, 0) is 0 Å². The summed E-state index contributed by atoms with van der Waals surface area (Å²) in [5.41, 5.74) is 0.804. The third kappa shape index (κ3) is 4.39. The number of likely N-dealkylation sites (tertiary alicyclic amines) is 1. The number of hydrogen-bond donors (Lipinski definition) is 1. The molecule has 0 amide bonds. The number of benzene rings is 1. The van der Waals surface area contributed by atoms with Crippen LogP contribution in [0.1, 0.15) is 12.8 Å². The number of rotatable bonds is 5. The van der Waals surface area contributed by atoms with Gasteiger partial charge in [-0.1, -0.05) is 12.0 Å². The van der Waals surface area contributed by atoms with Gasteiger partial charge >= 0.3 is 6.61 Å². The van der Waals surface area contributed by atoms with Crippen molar-refractivity contribution in [2.75, 3.05) is 25.0 Å². The van der Waals surface area contributed by atoms with Crippen molar-refractivity contribution in [2.45, 2.75) is 25.5 Å². The highest BCUT2D eigenvalue weighted by molar-refractivity contribution is 5.48. The van der Waals surface area contributed by atoms with E-state index < -0.39 is 6.61 Å². The van der Waals surface area contributed by atoms with Gasteiger partial charge < -0.3 is 10.1 Å². The second kappa shape index (κ2) is 7.11. The molecule has 2 rings (SSSR count). The van der Waals surface area contributed by atoms with Crippen LogP contribution in [0.2, 0.25) is 0 Å². The number of nitrogens with zero attached hydrogens (tertiary/aromatic N) is 1. The van der Waals surface area contributed by atoms with E-state index in [1.54, 1.807) is 12.1 Å². The van der Waals surface area contributed by atoms with Crippen LogP contribution in [-0.4, -0.2) is 37.2 Å². The van der Waals surface area contributed by atoms with Crippen molar-refractivity contribution in [1.29, 1.82) is 0 Å². The first-order valence-electron chi connectivity index (χ1n) is 6.64. The maximum absolute atomic E-state index is 12.2. The Balaban J connectivity index is 1.86. The molecule has 1 N–H and O–H groups in total. The van der Waals surface area contributed by atoms with Gasteiger partial charge in [0.15, 0.2) is 0 Å². The standard InChI is InChI=1S/C15H18F2N2O/c1-2-8-19-9-6-12(7-10-19)18-13-4-3-5-14(11-13)20-15(16)17/h1,3-5,11-12,15,18H,6-10H2. The van der Waals surface area contributed by atoms with Crippen LogP contribution in [0.15, 0.2) is 24.3 Å². The number of hydrogen-bond acceptors (Lipinski definition) is 3. The summed E-state index contributed by atoms with van der Waals surface area (Å²) in [4.78, 5) is 2.23. The molecule has 0 saturated carbocycles. The SMILES string of the molecule is C#CCN1CCC(Nc2cccc(OC(F)F)c2)CC1. The van der Waals surface area contributed by atoms with E-state index in [2.05, 4.69) is 20.9 Å². The summed E-state index contributed by atoms with van der Waals surface area (Å²) in [6, 6.07) is 7.01.